The lowest BCUT2D eigenvalue weighted by Crippen LogP contribution is -2.46. The van der Waals surface area contributed by atoms with Crippen LogP contribution in [0.2, 0.25) is 0 Å². The molecule has 57 heavy (non-hydrogen) atoms. The molecule has 0 unspecified atom stereocenters. The van der Waals surface area contributed by atoms with Gasteiger partial charge in [-0.2, -0.15) is 0 Å². The van der Waals surface area contributed by atoms with Crippen LogP contribution in [0.15, 0.2) is 47.5 Å². The van der Waals surface area contributed by atoms with Gasteiger partial charge < -0.3 is 49.6 Å². The molecule has 310 valence electrons. The summed E-state index contributed by atoms with van der Waals surface area (Å²) in [4.78, 5) is 69.1. The third-order valence-electron chi connectivity index (χ3n) is 11.5. The van der Waals surface area contributed by atoms with Gasteiger partial charge in [-0.1, -0.05) is 45.9 Å². The average molecular weight is 795 g/mol. The first kappa shape index (κ1) is 43.3. The second kappa shape index (κ2) is 17.3. The van der Waals surface area contributed by atoms with Crippen molar-refractivity contribution in [1.82, 2.24) is 10.6 Å². The SMILES string of the molecule is CO[C@H]1/C=C/O[C@@]2(C)Oc3c(C)c(O)c4c(c3C2=O)C(=O)C(NC[C@@H]2CCCO2)=C(NC(=O)/C(C)=C\C=C\[C@H](C)[C@H](O)[C@@H](C)[C@H](O)[C@H](C)[C@H](OC(C)=O)[C@@H]1C)C4=O. The Bertz CT molecular complexity index is 1930. The van der Waals surface area contributed by atoms with Crippen LogP contribution in [0.4, 0.5) is 0 Å². The third kappa shape index (κ3) is 8.43. The van der Waals surface area contributed by atoms with E-state index in [1.165, 1.54) is 53.2 Å². The molecule has 1 saturated heterocycles. The molecule has 1 aromatic rings. The molecule has 15 nitrogen and oxygen atoms in total. The van der Waals surface area contributed by atoms with Crippen molar-refractivity contribution in [3.8, 4) is 11.5 Å². The summed E-state index contributed by atoms with van der Waals surface area (Å²) in [6, 6.07) is 0. The molecule has 1 fully saturated rings. The molecule has 10 atom stereocenters. The van der Waals surface area contributed by atoms with Crippen molar-refractivity contribution in [2.45, 2.75) is 105 Å². The monoisotopic (exact) mass is 794 g/mol. The summed E-state index contributed by atoms with van der Waals surface area (Å²) in [5.74, 6) is -9.25. The van der Waals surface area contributed by atoms with E-state index in [1.54, 1.807) is 39.8 Å². The molecule has 5 N–H and O–H groups in total. The quantitative estimate of drug-likeness (QED) is 0.269. The lowest BCUT2D eigenvalue weighted by atomic mass is 9.78. The molecule has 6 rings (SSSR count). The van der Waals surface area contributed by atoms with Crippen molar-refractivity contribution in [2.24, 2.45) is 23.7 Å². The number of carbonyl (C=O) groups is 5. The van der Waals surface area contributed by atoms with E-state index < -0.39 is 106 Å². The standard InChI is InChI=1S/C42H54N2O13/c1-19-12-10-13-20(2)41(52)44-32-31(43-18-26-14-11-16-54-26)36(49)28-29(37(32)50)35(48)24(6)39-30(28)40(51)42(8,57-39)55-17-15-27(53-9)21(3)38(56-25(7)45)23(5)34(47)22(4)33(19)46/h10,12-13,15,17,19,21-23,26-27,33-34,38,43,46-48H,11,14,16,18H2,1-9H3,(H,44,52)/b12-10+,17-15+,20-13-/t19-,21+,22+,23-,26-,27-,33-,34-,38+,42-/m0/s1. The summed E-state index contributed by atoms with van der Waals surface area (Å²) in [6.45, 7) is 13.0. The Morgan fingerprint density at radius 1 is 0.982 bits per heavy atom. The summed E-state index contributed by atoms with van der Waals surface area (Å²) >= 11 is 0. The predicted molar refractivity (Wildman–Crippen MR) is 205 cm³/mol. The van der Waals surface area contributed by atoms with Gasteiger partial charge in [0.2, 0.25) is 11.6 Å². The number of aromatic hydroxyl groups is 1. The Balaban J connectivity index is 1.64. The number of esters is 1. The fourth-order valence-electron chi connectivity index (χ4n) is 7.88. The summed E-state index contributed by atoms with van der Waals surface area (Å²) in [7, 11) is 1.42. The first-order valence-electron chi connectivity index (χ1n) is 19.2. The zero-order valence-corrected chi connectivity index (χ0v) is 33.8. The molecule has 1 aromatic carbocycles. The van der Waals surface area contributed by atoms with Gasteiger partial charge in [0, 0.05) is 68.9 Å². The Hall–Kier alpha value is -4.83. The predicted octanol–water partition coefficient (Wildman–Crippen LogP) is 3.73. The van der Waals surface area contributed by atoms with E-state index in [4.69, 9.17) is 23.7 Å². The van der Waals surface area contributed by atoms with Crippen molar-refractivity contribution < 1.29 is 63.0 Å². The highest BCUT2D eigenvalue weighted by atomic mass is 16.7. The minimum absolute atomic E-state index is 0.00609. The van der Waals surface area contributed by atoms with E-state index in [1.807, 2.05) is 0 Å². The third-order valence-corrected chi connectivity index (χ3v) is 11.5. The summed E-state index contributed by atoms with van der Waals surface area (Å²) in [5.41, 5.74) is -1.73. The number of Topliss-reactive ketones (excluding diaryl/α,β-unsaturated/α-hetero) is 3. The first-order chi connectivity index (χ1) is 26.8. The van der Waals surface area contributed by atoms with Crippen molar-refractivity contribution in [2.75, 3.05) is 20.3 Å². The van der Waals surface area contributed by atoms with E-state index in [0.29, 0.717) is 13.0 Å². The zero-order valence-electron chi connectivity index (χ0n) is 33.8. The highest BCUT2D eigenvalue weighted by molar-refractivity contribution is 6.32. The van der Waals surface area contributed by atoms with Gasteiger partial charge in [0.05, 0.1) is 47.4 Å². The number of ketones is 3. The van der Waals surface area contributed by atoms with E-state index in [9.17, 15) is 39.3 Å². The lowest BCUT2D eigenvalue weighted by molar-refractivity contribution is -0.160. The number of allylic oxidation sites excluding steroid dienone is 4. The van der Waals surface area contributed by atoms with Gasteiger partial charge in [-0.15, -0.1) is 0 Å². The number of fused-ring (bicyclic) bond motifs is 14. The normalized spacial score (nSPS) is 34.5. The zero-order chi connectivity index (χ0) is 42.1. The largest absolute Gasteiger partial charge is 0.507 e. The van der Waals surface area contributed by atoms with E-state index in [0.717, 1.165) is 6.42 Å². The van der Waals surface area contributed by atoms with E-state index in [2.05, 4.69) is 10.6 Å². The Morgan fingerprint density at radius 3 is 2.32 bits per heavy atom. The van der Waals surface area contributed by atoms with Crippen molar-refractivity contribution in [3.05, 3.63) is 69.8 Å². The lowest BCUT2D eigenvalue weighted by Gasteiger charge is -2.38. The number of phenolic OH excluding ortho intramolecular Hbond substituents is 1. The number of hydrogen-bond donors (Lipinski definition) is 5. The number of rotatable bonds is 5. The minimum Gasteiger partial charge on any atom is -0.507 e. The van der Waals surface area contributed by atoms with Crippen LogP contribution in [0.25, 0.3) is 0 Å². The second-order valence-corrected chi connectivity index (χ2v) is 15.6. The maximum atomic E-state index is 14.5. The number of carbonyl (C=O) groups excluding carboxylic acids is 5. The fraction of sp³-hybridized carbons (Fsp3) is 0.548. The summed E-state index contributed by atoms with van der Waals surface area (Å²) < 4.78 is 29.1. The number of aliphatic hydroxyl groups excluding tert-OH is 2. The molecule has 1 amide bonds. The molecule has 0 saturated carbocycles. The number of amides is 1. The number of hydrogen-bond acceptors (Lipinski definition) is 14. The number of aliphatic hydroxyl groups is 2. The molecule has 5 bridgehead atoms. The van der Waals surface area contributed by atoms with Crippen LogP contribution < -0.4 is 15.4 Å². The van der Waals surface area contributed by atoms with Crippen LogP contribution >= 0.6 is 0 Å². The maximum Gasteiger partial charge on any atom is 0.312 e. The van der Waals surface area contributed by atoms with Crippen LogP contribution in [0.1, 0.15) is 97.9 Å². The van der Waals surface area contributed by atoms with E-state index in [-0.39, 0.29) is 40.8 Å². The van der Waals surface area contributed by atoms with Gasteiger partial charge in [0.25, 0.3) is 11.7 Å². The molecule has 1 aliphatic carbocycles. The molecular formula is C42H54N2O13. The van der Waals surface area contributed by atoms with Crippen molar-refractivity contribution >= 4 is 29.2 Å². The van der Waals surface area contributed by atoms with Gasteiger partial charge in [-0.3, -0.25) is 24.0 Å². The van der Waals surface area contributed by atoms with Gasteiger partial charge in [-0.05, 0) is 32.8 Å². The molecule has 0 spiro atoms. The van der Waals surface area contributed by atoms with Crippen LogP contribution in [0.5, 0.6) is 11.5 Å². The molecule has 4 heterocycles. The van der Waals surface area contributed by atoms with Gasteiger partial charge in [0.1, 0.15) is 29.0 Å². The molecule has 15 heteroatoms. The number of phenols is 1. The molecule has 0 radical (unpaired) electrons. The van der Waals surface area contributed by atoms with Crippen molar-refractivity contribution in [1.29, 1.82) is 0 Å². The van der Waals surface area contributed by atoms with Crippen molar-refractivity contribution in [3.63, 3.8) is 0 Å². The van der Waals surface area contributed by atoms with E-state index >= 15 is 0 Å². The number of methoxy groups -OCH3 is 1. The van der Waals surface area contributed by atoms with Crippen LogP contribution in [0.3, 0.4) is 0 Å². The fourth-order valence-corrected chi connectivity index (χ4v) is 7.88. The molecule has 0 aromatic heterocycles. The Morgan fingerprint density at radius 2 is 1.68 bits per heavy atom. The Kier molecular flexibility index (Phi) is 13.2. The van der Waals surface area contributed by atoms with Crippen LogP contribution in [-0.2, 0) is 28.5 Å². The molecular weight excluding hydrogens is 740 g/mol. The summed E-state index contributed by atoms with van der Waals surface area (Å²) in [6.07, 6.45) is 4.60. The highest BCUT2D eigenvalue weighted by Crippen LogP contribution is 2.48. The number of benzene rings is 1. The summed E-state index contributed by atoms with van der Waals surface area (Å²) in [5, 5.41) is 39.8. The smallest absolute Gasteiger partial charge is 0.312 e. The highest BCUT2D eigenvalue weighted by Gasteiger charge is 2.53. The number of ether oxygens (including phenoxy) is 5. The minimum atomic E-state index is -2.08. The van der Waals surface area contributed by atoms with Crippen LogP contribution in [0, 0.1) is 30.6 Å². The molecule has 5 aliphatic rings. The van der Waals surface area contributed by atoms with Gasteiger partial charge in [0.15, 0.2) is 0 Å². The average Bonchev–Trinajstić information content (AvgIpc) is 3.79. The van der Waals surface area contributed by atoms with Gasteiger partial charge >= 0.3 is 11.8 Å². The number of nitrogens with one attached hydrogen (secondary N) is 2. The topological polar surface area (TPSA) is 216 Å². The Labute approximate surface area is 332 Å². The van der Waals surface area contributed by atoms with Gasteiger partial charge in [-0.25, -0.2) is 0 Å². The molecule has 4 aliphatic heterocycles. The van der Waals surface area contributed by atoms with Crippen LogP contribution in [-0.4, -0.2) is 101 Å². The second-order valence-electron chi connectivity index (χ2n) is 15.6. The first-order valence-corrected chi connectivity index (χ1v) is 19.2. The maximum absolute atomic E-state index is 14.5.